The van der Waals surface area contributed by atoms with E-state index in [0.29, 0.717) is 23.6 Å². The van der Waals surface area contributed by atoms with Gasteiger partial charge in [-0.2, -0.15) is 15.0 Å². The molecule has 1 heterocycles. The zero-order valence-corrected chi connectivity index (χ0v) is 12.3. The van der Waals surface area contributed by atoms with Crippen LogP contribution in [0.15, 0.2) is 5.16 Å². The van der Waals surface area contributed by atoms with Crippen molar-refractivity contribution in [2.75, 3.05) is 24.2 Å². The topological polar surface area (TPSA) is 104 Å². The van der Waals surface area contributed by atoms with Crippen LogP contribution in [0.5, 0.6) is 0 Å². The molecule has 0 saturated heterocycles. The number of urea groups is 1. The summed E-state index contributed by atoms with van der Waals surface area (Å²) in [5.74, 6) is 0.948. The first-order chi connectivity index (χ1) is 9.05. The Bertz CT molecular complexity index is 426. The lowest BCUT2D eigenvalue weighted by molar-refractivity contribution is 0.248. The van der Waals surface area contributed by atoms with Gasteiger partial charge in [-0.25, -0.2) is 4.79 Å². The maximum absolute atomic E-state index is 11.1. The SMILES string of the molecule is CCNc1nc(NC(C)C)nc(SNC(=O)NC)n1. The molecule has 106 valence electrons. The Morgan fingerprint density at radius 3 is 2.53 bits per heavy atom. The van der Waals surface area contributed by atoms with Gasteiger partial charge in [-0.05, 0) is 20.8 Å². The summed E-state index contributed by atoms with van der Waals surface area (Å²) in [6.07, 6.45) is 0. The lowest BCUT2D eigenvalue weighted by atomic mass is 10.4. The lowest BCUT2D eigenvalue weighted by Crippen LogP contribution is -2.27. The Hall–Kier alpha value is -1.77. The van der Waals surface area contributed by atoms with E-state index in [1.54, 1.807) is 7.05 Å². The molecule has 0 radical (unpaired) electrons. The Morgan fingerprint density at radius 2 is 1.95 bits per heavy atom. The number of rotatable bonds is 6. The molecule has 0 aromatic carbocycles. The highest BCUT2D eigenvalue weighted by atomic mass is 32.2. The second-order valence-electron chi connectivity index (χ2n) is 3.88. The van der Waals surface area contributed by atoms with Gasteiger partial charge in [-0.15, -0.1) is 0 Å². The maximum Gasteiger partial charge on any atom is 0.324 e. The summed E-state index contributed by atoms with van der Waals surface area (Å²) in [6.45, 7) is 6.64. The van der Waals surface area contributed by atoms with Gasteiger partial charge in [0.2, 0.25) is 17.1 Å². The fourth-order valence-electron chi connectivity index (χ4n) is 1.11. The van der Waals surface area contributed by atoms with E-state index >= 15 is 0 Å². The average Bonchev–Trinajstić information content (AvgIpc) is 2.35. The number of nitrogens with one attached hydrogen (secondary N) is 4. The number of amides is 2. The van der Waals surface area contributed by atoms with Crippen LogP contribution in [0.1, 0.15) is 20.8 Å². The zero-order chi connectivity index (χ0) is 14.3. The predicted molar refractivity (Wildman–Crippen MR) is 76.2 cm³/mol. The van der Waals surface area contributed by atoms with E-state index < -0.39 is 0 Å². The Labute approximate surface area is 116 Å². The maximum atomic E-state index is 11.1. The smallest absolute Gasteiger partial charge is 0.324 e. The van der Waals surface area contributed by atoms with Crippen LogP contribution in [0.3, 0.4) is 0 Å². The van der Waals surface area contributed by atoms with Gasteiger partial charge < -0.3 is 16.0 Å². The van der Waals surface area contributed by atoms with Crippen molar-refractivity contribution in [3.05, 3.63) is 0 Å². The summed E-state index contributed by atoms with van der Waals surface area (Å²) in [4.78, 5) is 23.7. The minimum absolute atomic E-state index is 0.210. The molecule has 0 bridgehead atoms. The summed E-state index contributed by atoms with van der Waals surface area (Å²) in [7, 11) is 1.54. The third kappa shape index (κ3) is 5.60. The van der Waals surface area contributed by atoms with Crippen molar-refractivity contribution in [3.8, 4) is 0 Å². The molecule has 0 fully saturated rings. The van der Waals surface area contributed by atoms with Crippen molar-refractivity contribution in [1.29, 1.82) is 0 Å². The van der Waals surface area contributed by atoms with E-state index in [0.717, 1.165) is 11.9 Å². The molecule has 0 aliphatic carbocycles. The highest BCUT2D eigenvalue weighted by Gasteiger charge is 2.08. The number of anilines is 2. The van der Waals surface area contributed by atoms with E-state index in [2.05, 4.69) is 35.6 Å². The van der Waals surface area contributed by atoms with Gasteiger partial charge in [0.25, 0.3) is 0 Å². The fraction of sp³-hybridized carbons (Fsp3) is 0.600. The Kier molecular flexibility index (Phi) is 6.13. The number of hydrogen-bond donors (Lipinski definition) is 4. The molecule has 0 aliphatic rings. The molecule has 1 aromatic heterocycles. The highest BCUT2D eigenvalue weighted by Crippen LogP contribution is 2.14. The monoisotopic (exact) mass is 285 g/mol. The van der Waals surface area contributed by atoms with E-state index in [9.17, 15) is 4.79 Å². The van der Waals surface area contributed by atoms with Gasteiger partial charge in [-0.1, -0.05) is 0 Å². The standard InChI is InChI=1S/C10H19N7OS/c1-5-12-7-14-8(13-6(2)3)16-10(15-7)19-17-9(18)11-4/h6H,5H2,1-4H3,(H2,11,17,18)(H2,12,13,14,15,16). The van der Waals surface area contributed by atoms with Gasteiger partial charge >= 0.3 is 6.03 Å². The van der Waals surface area contributed by atoms with Crippen molar-refractivity contribution < 1.29 is 4.79 Å². The van der Waals surface area contributed by atoms with Crippen LogP contribution < -0.4 is 20.7 Å². The van der Waals surface area contributed by atoms with Crippen LogP contribution in [0, 0.1) is 0 Å². The molecule has 0 unspecified atom stereocenters. The average molecular weight is 285 g/mol. The van der Waals surface area contributed by atoms with Crippen LogP contribution in [0.4, 0.5) is 16.7 Å². The van der Waals surface area contributed by atoms with E-state index in [1.807, 2.05) is 20.8 Å². The van der Waals surface area contributed by atoms with Crippen molar-refractivity contribution in [2.24, 2.45) is 0 Å². The first kappa shape index (κ1) is 15.3. The van der Waals surface area contributed by atoms with Crippen LogP contribution in [0.2, 0.25) is 0 Å². The largest absolute Gasteiger partial charge is 0.354 e. The normalized spacial score (nSPS) is 10.2. The van der Waals surface area contributed by atoms with Gasteiger partial charge in [0.05, 0.1) is 0 Å². The second-order valence-corrected chi connectivity index (χ2v) is 4.65. The molecule has 0 aliphatic heterocycles. The van der Waals surface area contributed by atoms with Crippen LogP contribution >= 0.6 is 11.9 Å². The Balaban J connectivity index is 2.82. The molecular formula is C10H19N7OS. The molecule has 8 nitrogen and oxygen atoms in total. The minimum atomic E-state index is -0.311. The van der Waals surface area contributed by atoms with E-state index in [-0.39, 0.29) is 12.1 Å². The summed E-state index contributed by atoms with van der Waals surface area (Å²) < 4.78 is 2.56. The van der Waals surface area contributed by atoms with Crippen LogP contribution in [-0.4, -0.2) is 40.6 Å². The van der Waals surface area contributed by atoms with Crippen molar-refractivity contribution in [1.82, 2.24) is 25.0 Å². The minimum Gasteiger partial charge on any atom is -0.354 e. The molecule has 9 heteroatoms. The van der Waals surface area contributed by atoms with Gasteiger partial charge in [0.15, 0.2) is 0 Å². The van der Waals surface area contributed by atoms with Gasteiger partial charge in [0, 0.05) is 31.6 Å². The summed E-state index contributed by atoms with van der Waals surface area (Å²) in [5.41, 5.74) is 0. The zero-order valence-electron chi connectivity index (χ0n) is 11.4. The molecule has 1 rings (SSSR count). The van der Waals surface area contributed by atoms with E-state index in [4.69, 9.17) is 0 Å². The van der Waals surface area contributed by atoms with Crippen LogP contribution in [-0.2, 0) is 0 Å². The molecular weight excluding hydrogens is 266 g/mol. The third-order valence-electron chi connectivity index (χ3n) is 1.83. The molecule has 2 amide bonds. The molecule has 0 saturated carbocycles. The lowest BCUT2D eigenvalue weighted by Gasteiger charge is -2.11. The summed E-state index contributed by atoms with van der Waals surface area (Å²) in [6, 6.07) is -0.101. The molecule has 0 spiro atoms. The first-order valence-electron chi connectivity index (χ1n) is 5.96. The molecule has 1 aromatic rings. The second kappa shape index (κ2) is 7.62. The Morgan fingerprint density at radius 1 is 1.26 bits per heavy atom. The first-order valence-corrected chi connectivity index (χ1v) is 6.77. The van der Waals surface area contributed by atoms with Gasteiger partial charge in [-0.3, -0.25) is 4.72 Å². The highest BCUT2D eigenvalue weighted by molar-refractivity contribution is 7.97. The molecule has 4 N–H and O–H groups in total. The van der Waals surface area contributed by atoms with Crippen molar-refractivity contribution in [3.63, 3.8) is 0 Å². The predicted octanol–water partition coefficient (Wildman–Crippen LogP) is 1.06. The molecule has 19 heavy (non-hydrogen) atoms. The number of aromatic nitrogens is 3. The fourth-order valence-corrected chi connectivity index (χ4v) is 1.66. The third-order valence-corrected chi connectivity index (χ3v) is 2.48. The number of hydrogen-bond acceptors (Lipinski definition) is 7. The van der Waals surface area contributed by atoms with Gasteiger partial charge in [0.1, 0.15) is 0 Å². The summed E-state index contributed by atoms with van der Waals surface area (Å²) in [5, 5.41) is 8.98. The number of carbonyl (C=O) groups excluding carboxylic acids is 1. The molecule has 0 atom stereocenters. The number of carbonyl (C=O) groups is 1. The van der Waals surface area contributed by atoms with Crippen molar-refractivity contribution in [2.45, 2.75) is 32.0 Å². The van der Waals surface area contributed by atoms with E-state index in [1.165, 1.54) is 0 Å². The number of nitrogens with zero attached hydrogens (tertiary/aromatic N) is 3. The van der Waals surface area contributed by atoms with Crippen LogP contribution in [0.25, 0.3) is 0 Å². The quantitative estimate of drug-likeness (QED) is 0.579. The summed E-state index contributed by atoms with van der Waals surface area (Å²) >= 11 is 1.03. The van der Waals surface area contributed by atoms with Crippen molar-refractivity contribution >= 4 is 29.9 Å².